The Bertz CT molecular complexity index is 556. The molecule has 0 aliphatic carbocycles. The van der Waals surface area contributed by atoms with Gasteiger partial charge in [-0.25, -0.2) is 4.79 Å². The smallest absolute Gasteiger partial charge is 0.332 e. The summed E-state index contributed by atoms with van der Waals surface area (Å²) in [7, 11) is 1.37. The first-order chi connectivity index (χ1) is 10.6. The Morgan fingerprint density at radius 2 is 1.95 bits per heavy atom. The van der Waals surface area contributed by atoms with Crippen LogP contribution >= 0.6 is 0 Å². The number of carbonyl (C=O) groups excluding carboxylic acids is 3. The van der Waals surface area contributed by atoms with Gasteiger partial charge in [0.1, 0.15) is 6.61 Å². The minimum Gasteiger partial charge on any atom is -0.454 e. The molecule has 0 atom stereocenters. The maximum Gasteiger partial charge on any atom is 0.332 e. The molecule has 2 rings (SSSR count). The van der Waals surface area contributed by atoms with Gasteiger partial charge in [0, 0.05) is 31.5 Å². The molecule has 7 nitrogen and oxygen atoms in total. The van der Waals surface area contributed by atoms with Crippen molar-refractivity contribution in [3.8, 4) is 0 Å². The first kappa shape index (κ1) is 16.0. The van der Waals surface area contributed by atoms with Crippen LogP contribution in [0.2, 0.25) is 0 Å². The summed E-state index contributed by atoms with van der Waals surface area (Å²) in [4.78, 5) is 36.0. The molecule has 1 fully saturated rings. The van der Waals surface area contributed by atoms with Gasteiger partial charge in [-0.2, -0.15) is 0 Å². The highest BCUT2D eigenvalue weighted by Crippen LogP contribution is 2.22. The molecule has 0 radical (unpaired) electrons. The Labute approximate surface area is 128 Å². The lowest BCUT2D eigenvalue weighted by molar-refractivity contribution is -0.150. The zero-order valence-electron chi connectivity index (χ0n) is 12.3. The summed E-state index contributed by atoms with van der Waals surface area (Å²) in [5, 5.41) is 2.61. The third-order valence-corrected chi connectivity index (χ3v) is 3.16. The van der Waals surface area contributed by atoms with Crippen molar-refractivity contribution in [2.45, 2.75) is 12.8 Å². The van der Waals surface area contributed by atoms with Crippen LogP contribution in [0.1, 0.15) is 12.8 Å². The van der Waals surface area contributed by atoms with Crippen molar-refractivity contribution in [3.63, 3.8) is 0 Å². The van der Waals surface area contributed by atoms with Crippen LogP contribution in [0.5, 0.6) is 0 Å². The van der Waals surface area contributed by atoms with Gasteiger partial charge in [-0.05, 0) is 30.7 Å². The summed E-state index contributed by atoms with van der Waals surface area (Å²) in [6.07, 6.45) is 1.44. The van der Waals surface area contributed by atoms with Gasteiger partial charge >= 0.3 is 5.97 Å². The van der Waals surface area contributed by atoms with Gasteiger partial charge in [0.25, 0.3) is 5.91 Å². The first-order valence-electron chi connectivity index (χ1n) is 6.95. The minimum absolute atomic E-state index is 0.113. The first-order valence-corrected chi connectivity index (χ1v) is 6.95. The highest BCUT2D eigenvalue weighted by atomic mass is 16.6. The molecule has 1 saturated heterocycles. The number of ether oxygens (including phenoxy) is 2. The topological polar surface area (TPSA) is 84.9 Å². The molecular weight excluding hydrogens is 288 g/mol. The van der Waals surface area contributed by atoms with Gasteiger partial charge in [0.2, 0.25) is 5.91 Å². The number of carbonyl (C=O) groups is 3. The normalized spacial score (nSPS) is 14.0. The maximum absolute atomic E-state index is 11.6. The average Bonchev–Trinajstić information content (AvgIpc) is 2.92. The molecule has 2 amide bonds. The third kappa shape index (κ3) is 4.29. The number of nitrogens with one attached hydrogen (secondary N) is 1. The van der Waals surface area contributed by atoms with E-state index in [-0.39, 0.29) is 19.1 Å². The second kappa shape index (κ2) is 7.56. The number of benzene rings is 1. The number of esters is 1. The number of hydrogen-bond acceptors (Lipinski definition) is 5. The van der Waals surface area contributed by atoms with Crippen LogP contribution in [0.15, 0.2) is 24.3 Å². The van der Waals surface area contributed by atoms with Crippen molar-refractivity contribution in [2.24, 2.45) is 0 Å². The molecule has 0 spiro atoms. The SMILES string of the molecule is COCC(=O)OCC(=O)Nc1ccc(N2CCCC2=O)cc1. The van der Waals surface area contributed by atoms with E-state index in [9.17, 15) is 14.4 Å². The van der Waals surface area contributed by atoms with E-state index in [4.69, 9.17) is 4.74 Å². The van der Waals surface area contributed by atoms with Gasteiger partial charge in [0.15, 0.2) is 6.61 Å². The molecule has 0 unspecified atom stereocenters. The van der Waals surface area contributed by atoms with Crippen LogP contribution in [-0.4, -0.2) is 44.7 Å². The predicted molar refractivity (Wildman–Crippen MR) is 79.5 cm³/mol. The van der Waals surface area contributed by atoms with Crippen LogP contribution in [0, 0.1) is 0 Å². The summed E-state index contributed by atoms with van der Waals surface area (Å²) in [5.41, 5.74) is 1.38. The van der Waals surface area contributed by atoms with E-state index in [1.54, 1.807) is 29.2 Å². The molecule has 1 N–H and O–H groups in total. The molecule has 0 aromatic heterocycles. The molecule has 7 heteroatoms. The number of rotatable bonds is 6. The van der Waals surface area contributed by atoms with E-state index in [1.165, 1.54) is 7.11 Å². The third-order valence-electron chi connectivity index (χ3n) is 3.16. The number of amides is 2. The molecule has 1 heterocycles. The summed E-state index contributed by atoms with van der Waals surface area (Å²) in [6.45, 7) is 0.167. The monoisotopic (exact) mass is 306 g/mol. The predicted octanol–water partition coefficient (Wildman–Crippen LogP) is 0.941. The molecule has 1 aliphatic rings. The molecule has 1 aliphatic heterocycles. The van der Waals surface area contributed by atoms with Crippen LogP contribution < -0.4 is 10.2 Å². The molecule has 118 valence electrons. The van der Waals surface area contributed by atoms with Crippen molar-refractivity contribution >= 4 is 29.2 Å². The van der Waals surface area contributed by atoms with Gasteiger partial charge in [-0.1, -0.05) is 0 Å². The highest BCUT2D eigenvalue weighted by molar-refractivity contribution is 5.96. The molecular formula is C15H18N2O5. The molecule has 1 aromatic rings. The van der Waals surface area contributed by atoms with Gasteiger partial charge < -0.3 is 19.7 Å². The Kier molecular flexibility index (Phi) is 5.48. The van der Waals surface area contributed by atoms with Crippen molar-refractivity contribution in [3.05, 3.63) is 24.3 Å². The van der Waals surface area contributed by atoms with E-state index in [0.717, 1.165) is 18.7 Å². The van der Waals surface area contributed by atoms with E-state index in [0.29, 0.717) is 12.1 Å². The molecule has 0 bridgehead atoms. The Balaban J connectivity index is 1.84. The lowest BCUT2D eigenvalue weighted by Gasteiger charge is -2.16. The summed E-state index contributed by atoms with van der Waals surface area (Å²) < 4.78 is 9.29. The number of nitrogens with zero attached hydrogens (tertiary/aromatic N) is 1. The molecule has 0 saturated carbocycles. The molecule has 22 heavy (non-hydrogen) atoms. The van der Waals surface area contributed by atoms with Crippen LogP contribution in [0.3, 0.4) is 0 Å². The average molecular weight is 306 g/mol. The van der Waals surface area contributed by atoms with Gasteiger partial charge in [-0.3, -0.25) is 9.59 Å². The van der Waals surface area contributed by atoms with Gasteiger partial charge in [0.05, 0.1) is 0 Å². The second-order valence-corrected chi connectivity index (χ2v) is 4.84. The standard InChI is InChI=1S/C15H18N2O5/c1-21-10-15(20)22-9-13(18)16-11-4-6-12(7-5-11)17-8-2-3-14(17)19/h4-7H,2-3,8-10H2,1H3,(H,16,18). The lowest BCUT2D eigenvalue weighted by atomic mass is 10.2. The molecule has 1 aromatic carbocycles. The highest BCUT2D eigenvalue weighted by Gasteiger charge is 2.21. The van der Waals surface area contributed by atoms with Crippen molar-refractivity contribution < 1.29 is 23.9 Å². The van der Waals surface area contributed by atoms with Crippen LogP contribution in [0.25, 0.3) is 0 Å². The fourth-order valence-electron chi connectivity index (χ4n) is 2.15. The fourth-order valence-corrected chi connectivity index (χ4v) is 2.15. The zero-order chi connectivity index (χ0) is 15.9. The van der Waals surface area contributed by atoms with Crippen molar-refractivity contribution in [1.82, 2.24) is 0 Å². The Morgan fingerprint density at radius 1 is 1.23 bits per heavy atom. The van der Waals surface area contributed by atoms with Crippen molar-refractivity contribution in [2.75, 3.05) is 37.1 Å². The van der Waals surface area contributed by atoms with Crippen LogP contribution in [-0.2, 0) is 23.9 Å². The largest absolute Gasteiger partial charge is 0.454 e. The number of methoxy groups -OCH3 is 1. The van der Waals surface area contributed by atoms with E-state index >= 15 is 0 Å². The summed E-state index contributed by atoms with van der Waals surface area (Å²) >= 11 is 0. The maximum atomic E-state index is 11.6. The number of hydrogen-bond donors (Lipinski definition) is 1. The van der Waals surface area contributed by atoms with E-state index < -0.39 is 11.9 Å². The summed E-state index contributed by atoms with van der Waals surface area (Å²) in [5.74, 6) is -0.920. The summed E-state index contributed by atoms with van der Waals surface area (Å²) in [6, 6.07) is 6.96. The Morgan fingerprint density at radius 3 is 2.55 bits per heavy atom. The fraction of sp³-hybridized carbons (Fsp3) is 0.400. The lowest BCUT2D eigenvalue weighted by Crippen LogP contribution is -2.24. The minimum atomic E-state index is -0.597. The zero-order valence-corrected chi connectivity index (χ0v) is 12.3. The second-order valence-electron chi connectivity index (χ2n) is 4.84. The van der Waals surface area contributed by atoms with E-state index in [2.05, 4.69) is 10.1 Å². The van der Waals surface area contributed by atoms with Crippen molar-refractivity contribution in [1.29, 1.82) is 0 Å². The van der Waals surface area contributed by atoms with Gasteiger partial charge in [-0.15, -0.1) is 0 Å². The Hall–Kier alpha value is -2.41. The van der Waals surface area contributed by atoms with E-state index in [1.807, 2.05) is 0 Å². The van der Waals surface area contributed by atoms with Crippen LogP contribution in [0.4, 0.5) is 11.4 Å². The quantitative estimate of drug-likeness (QED) is 0.791. The number of anilines is 2.